The van der Waals surface area contributed by atoms with Crippen LogP contribution in [0, 0.1) is 13.8 Å². The van der Waals surface area contributed by atoms with Crippen LogP contribution in [0.5, 0.6) is 0 Å². The third-order valence-corrected chi connectivity index (χ3v) is 4.82. The Hall–Kier alpha value is -1.60. The van der Waals surface area contributed by atoms with Gasteiger partial charge in [0.05, 0.1) is 10.9 Å². The maximum absolute atomic E-state index is 12.4. The minimum atomic E-state index is -3.80. The maximum Gasteiger partial charge on any atom is 0.241 e. The van der Waals surface area contributed by atoms with E-state index in [1.807, 2.05) is 0 Å². The summed E-state index contributed by atoms with van der Waals surface area (Å²) in [4.78, 5) is 11.8. The second-order valence-electron chi connectivity index (χ2n) is 4.66. The van der Waals surface area contributed by atoms with Crippen LogP contribution in [0.3, 0.4) is 0 Å². The first-order chi connectivity index (χ1) is 9.20. The Labute approximate surface area is 119 Å². The van der Waals surface area contributed by atoms with Crippen molar-refractivity contribution < 1.29 is 13.2 Å². The van der Waals surface area contributed by atoms with Gasteiger partial charge in [0, 0.05) is 12.2 Å². The summed E-state index contributed by atoms with van der Waals surface area (Å²) in [6.07, 6.45) is 0. The number of aryl methyl sites for hydroxylation is 1. The zero-order valence-electron chi connectivity index (χ0n) is 12.1. The molecule has 1 unspecified atom stereocenters. The summed E-state index contributed by atoms with van der Waals surface area (Å²) >= 11 is 0. The van der Waals surface area contributed by atoms with E-state index in [-0.39, 0.29) is 10.8 Å². The van der Waals surface area contributed by atoms with Crippen molar-refractivity contribution in [1.29, 1.82) is 0 Å². The number of anilines is 1. The van der Waals surface area contributed by atoms with Gasteiger partial charge < -0.3 is 11.1 Å². The summed E-state index contributed by atoms with van der Waals surface area (Å²) in [6.45, 7) is 7.05. The molecule has 0 aliphatic carbocycles. The third kappa shape index (κ3) is 3.49. The predicted octanol–water partition coefficient (Wildman–Crippen LogP) is 0.689. The molecule has 4 N–H and O–H groups in total. The molecule has 6 nitrogen and oxygen atoms in total. The molecule has 0 saturated heterocycles. The molecule has 0 bridgehead atoms. The lowest BCUT2D eigenvalue weighted by Crippen LogP contribution is -2.44. The van der Waals surface area contributed by atoms with Gasteiger partial charge in [0.2, 0.25) is 15.9 Å². The van der Waals surface area contributed by atoms with Crippen molar-refractivity contribution in [3.63, 3.8) is 0 Å². The lowest BCUT2D eigenvalue weighted by molar-refractivity contribution is -0.122. The Kier molecular flexibility index (Phi) is 5.13. The van der Waals surface area contributed by atoms with Crippen molar-refractivity contribution in [3.05, 3.63) is 23.3 Å². The summed E-state index contributed by atoms with van der Waals surface area (Å²) in [7, 11) is -3.80. The first kappa shape index (κ1) is 16.5. The van der Waals surface area contributed by atoms with Crippen LogP contribution in [0.1, 0.15) is 25.0 Å². The summed E-state index contributed by atoms with van der Waals surface area (Å²) in [5.74, 6) is -0.365. The van der Waals surface area contributed by atoms with Gasteiger partial charge in [-0.1, -0.05) is 6.07 Å². The number of likely N-dealkylation sites (N-methyl/N-ethyl adjacent to an activating group) is 1. The molecule has 1 amide bonds. The van der Waals surface area contributed by atoms with Crippen LogP contribution in [0.25, 0.3) is 0 Å². The molecule has 20 heavy (non-hydrogen) atoms. The number of rotatable bonds is 5. The predicted molar refractivity (Wildman–Crippen MR) is 78.8 cm³/mol. The van der Waals surface area contributed by atoms with Crippen LogP contribution in [-0.2, 0) is 14.8 Å². The largest absolute Gasteiger partial charge is 0.398 e. The molecule has 0 radical (unpaired) electrons. The minimum absolute atomic E-state index is 0.133. The number of nitrogens with two attached hydrogens (primary N) is 1. The van der Waals surface area contributed by atoms with E-state index < -0.39 is 16.1 Å². The minimum Gasteiger partial charge on any atom is -0.398 e. The molecule has 1 aromatic carbocycles. The maximum atomic E-state index is 12.4. The molecule has 7 heteroatoms. The van der Waals surface area contributed by atoms with Crippen LogP contribution >= 0.6 is 0 Å². The van der Waals surface area contributed by atoms with Gasteiger partial charge in [-0.25, -0.2) is 8.42 Å². The average Bonchev–Trinajstić information content (AvgIpc) is 2.33. The van der Waals surface area contributed by atoms with Gasteiger partial charge >= 0.3 is 0 Å². The van der Waals surface area contributed by atoms with E-state index in [1.54, 1.807) is 32.9 Å². The molecule has 0 spiro atoms. The van der Waals surface area contributed by atoms with Gasteiger partial charge in [0.15, 0.2) is 0 Å². The highest BCUT2D eigenvalue weighted by molar-refractivity contribution is 7.89. The summed E-state index contributed by atoms with van der Waals surface area (Å²) in [6, 6.07) is 2.46. The van der Waals surface area contributed by atoms with Crippen molar-refractivity contribution in [2.45, 2.75) is 38.6 Å². The number of hydrogen-bond acceptors (Lipinski definition) is 4. The number of nitrogen functional groups attached to an aromatic ring is 1. The highest BCUT2D eigenvalue weighted by Gasteiger charge is 2.25. The molecule has 1 aromatic rings. The normalized spacial score (nSPS) is 13.0. The average molecular weight is 299 g/mol. The fourth-order valence-corrected chi connectivity index (χ4v) is 3.63. The number of sulfonamides is 1. The standard InChI is InChI=1S/C13H21N3O3S/c1-5-15-13(17)10(4)16-20(18,19)12-8(2)6-7-11(14)9(12)3/h6-7,10,16H,5,14H2,1-4H3,(H,15,17). The van der Waals surface area contributed by atoms with E-state index in [2.05, 4.69) is 10.0 Å². The van der Waals surface area contributed by atoms with Crippen molar-refractivity contribution in [3.8, 4) is 0 Å². The van der Waals surface area contributed by atoms with Crippen LogP contribution in [0.15, 0.2) is 17.0 Å². The Bertz CT molecular complexity index is 612. The quantitative estimate of drug-likeness (QED) is 0.696. The Morgan fingerprint density at radius 1 is 1.35 bits per heavy atom. The summed E-state index contributed by atoms with van der Waals surface area (Å²) < 4.78 is 27.2. The van der Waals surface area contributed by atoms with Gasteiger partial charge in [-0.3, -0.25) is 4.79 Å². The molecule has 0 aliphatic rings. The van der Waals surface area contributed by atoms with Gasteiger partial charge in [-0.2, -0.15) is 4.72 Å². The van der Waals surface area contributed by atoms with Gasteiger partial charge in [0.25, 0.3) is 0 Å². The van der Waals surface area contributed by atoms with E-state index in [0.29, 0.717) is 23.4 Å². The number of carbonyl (C=O) groups excluding carboxylic acids is 1. The molecule has 0 aromatic heterocycles. The van der Waals surface area contributed by atoms with Crippen molar-refractivity contribution in [2.75, 3.05) is 12.3 Å². The summed E-state index contributed by atoms with van der Waals surface area (Å²) in [5.41, 5.74) is 7.23. The SMILES string of the molecule is CCNC(=O)C(C)NS(=O)(=O)c1c(C)ccc(N)c1C. The van der Waals surface area contributed by atoms with E-state index in [0.717, 1.165) is 0 Å². The second-order valence-corrected chi connectivity index (χ2v) is 6.31. The molecule has 0 heterocycles. The smallest absolute Gasteiger partial charge is 0.241 e. The molecule has 112 valence electrons. The topological polar surface area (TPSA) is 101 Å². The monoisotopic (exact) mass is 299 g/mol. The zero-order valence-corrected chi connectivity index (χ0v) is 13.0. The van der Waals surface area contributed by atoms with Gasteiger partial charge in [-0.05, 0) is 44.9 Å². The van der Waals surface area contributed by atoms with Crippen LogP contribution in [0.2, 0.25) is 0 Å². The number of carbonyl (C=O) groups is 1. The fraction of sp³-hybridized carbons (Fsp3) is 0.462. The molecule has 1 atom stereocenters. The number of benzene rings is 1. The first-order valence-corrected chi connectivity index (χ1v) is 7.84. The summed E-state index contributed by atoms with van der Waals surface area (Å²) in [5, 5.41) is 2.57. The van der Waals surface area contributed by atoms with E-state index in [1.165, 1.54) is 6.92 Å². The highest BCUT2D eigenvalue weighted by Crippen LogP contribution is 2.24. The first-order valence-electron chi connectivity index (χ1n) is 6.36. The lowest BCUT2D eigenvalue weighted by atomic mass is 10.1. The highest BCUT2D eigenvalue weighted by atomic mass is 32.2. The van der Waals surface area contributed by atoms with E-state index in [9.17, 15) is 13.2 Å². The molecule has 1 rings (SSSR count). The number of hydrogen-bond donors (Lipinski definition) is 3. The van der Waals surface area contributed by atoms with Crippen molar-refractivity contribution >= 4 is 21.6 Å². The molecule has 0 fully saturated rings. The zero-order chi connectivity index (χ0) is 15.5. The van der Waals surface area contributed by atoms with Gasteiger partial charge in [-0.15, -0.1) is 0 Å². The Morgan fingerprint density at radius 2 is 1.95 bits per heavy atom. The third-order valence-electron chi connectivity index (χ3n) is 2.99. The Morgan fingerprint density at radius 3 is 2.50 bits per heavy atom. The fourth-order valence-electron chi connectivity index (χ4n) is 1.93. The molecular formula is C13H21N3O3S. The number of nitrogens with one attached hydrogen (secondary N) is 2. The van der Waals surface area contributed by atoms with Crippen molar-refractivity contribution in [1.82, 2.24) is 10.0 Å². The molecule has 0 saturated carbocycles. The number of amides is 1. The second kappa shape index (κ2) is 6.23. The molecule has 0 aliphatic heterocycles. The lowest BCUT2D eigenvalue weighted by Gasteiger charge is -2.17. The van der Waals surface area contributed by atoms with E-state index >= 15 is 0 Å². The van der Waals surface area contributed by atoms with Crippen molar-refractivity contribution in [2.24, 2.45) is 0 Å². The molecular weight excluding hydrogens is 278 g/mol. The van der Waals surface area contributed by atoms with Gasteiger partial charge in [0.1, 0.15) is 0 Å². The van der Waals surface area contributed by atoms with Crippen LogP contribution in [0.4, 0.5) is 5.69 Å². The van der Waals surface area contributed by atoms with Crippen LogP contribution < -0.4 is 15.8 Å². The van der Waals surface area contributed by atoms with E-state index in [4.69, 9.17) is 5.73 Å². The van der Waals surface area contributed by atoms with Crippen LogP contribution in [-0.4, -0.2) is 26.9 Å². The Balaban J connectivity index is 3.13.